The van der Waals surface area contributed by atoms with E-state index in [0.717, 1.165) is 6.07 Å². The first-order chi connectivity index (χ1) is 11.3. The van der Waals surface area contributed by atoms with Gasteiger partial charge in [-0.05, 0) is 30.2 Å². The third kappa shape index (κ3) is 4.97. The first kappa shape index (κ1) is 17.8. The summed E-state index contributed by atoms with van der Waals surface area (Å²) in [5.41, 5.74) is -0.406. The van der Waals surface area contributed by atoms with Crippen LogP contribution in [0.4, 0.5) is 30.4 Å². The molecular formula is C17H18F3N3O. The van der Waals surface area contributed by atoms with Crippen molar-refractivity contribution in [2.45, 2.75) is 26.4 Å². The second kappa shape index (κ2) is 7.33. The number of pyridine rings is 1. The van der Waals surface area contributed by atoms with Crippen molar-refractivity contribution in [1.29, 1.82) is 0 Å². The number of amides is 1. The molecule has 1 amide bonds. The second-order valence-corrected chi connectivity index (χ2v) is 5.75. The van der Waals surface area contributed by atoms with Gasteiger partial charge in [-0.1, -0.05) is 26.0 Å². The van der Waals surface area contributed by atoms with Gasteiger partial charge in [0.15, 0.2) is 0 Å². The Morgan fingerprint density at radius 3 is 2.46 bits per heavy atom. The lowest BCUT2D eigenvalue weighted by molar-refractivity contribution is -0.136. The standard InChI is InChI=1S/C17H18F3N3O/c1-11(2)9-16(24)23-15-8-7-12(10-21-15)22-14-6-4-3-5-13(14)17(18,19)20/h3-8,10-11,22H,9H2,1-2H3,(H,21,23,24). The molecule has 0 bridgehead atoms. The summed E-state index contributed by atoms with van der Waals surface area (Å²) in [6.07, 6.45) is -2.69. The number of aromatic nitrogens is 1. The molecule has 0 spiro atoms. The van der Waals surface area contributed by atoms with Gasteiger partial charge < -0.3 is 10.6 Å². The molecule has 0 saturated carbocycles. The lowest BCUT2D eigenvalue weighted by Gasteiger charge is -2.14. The van der Waals surface area contributed by atoms with Crippen molar-refractivity contribution in [2.24, 2.45) is 5.92 Å². The van der Waals surface area contributed by atoms with Gasteiger partial charge in [0.1, 0.15) is 5.82 Å². The van der Waals surface area contributed by atoms with Crippen LogP contribution in [0.15, 0.2) is 42.6 Å². The molecule has 2 aromatic rings. The maximum atomic E-state index is 13.0. The number of hydrogen-bond acceptors (Lipinski definition) is 3. The van der Waals surface area contributed by atoms with Gasteiger partial charge in [-0.2, -0.15) is 13.2 Å². The number of carbonyl (C=O) groups is 1. The van der Waals surface area contributed by atoms with Gasteiger partial charge in [-0.25, -0.2) is 4.98 Å². The molecule has 24 heavy (non-hydrogen) atoms. The normalized spacial score (nSPS) is 11.4. The highest BCUT2D eigenvalue weighted by atomic mass is 19.4. The Kier molecular flexibility index (Phi) is 5.43. The van der Waals surface area contributed by atoms with E-state index in [1.807, 2.05) is 13.8 Å². The van der Waals surface area contributed by atoms with Gasteiger partial charge >= 0.3 is 6.18 Å². The number of halogens is 3. The van der Waals surface area contributed by atoms with Gasteiger partial charge in [0, 0.05) is 6.42 Å². The number of nitrogens with one attached hydrogen (secondary N) is 2. The quantitative estimate of drug-likeness (QED) is 0.822. The van der Waals surface area contributed by atoms with Crippen molar-refractivity contribution in [3.05, 3.63) is 48.2 Å². The van der Waals surface area contributed by atoms with Crippen LogP contribution in [0.2, 0.25) is 0 Å². The van der Waals surface area contributed by atoms with Gasteiger partial charge in [0.05, 0.1) is 23.1 Å². The lowest BCUT2D eigenvalue weighted by Crippen LogP contribution is -2.14. The molecule has 0 unspecified atom stereocenters. The monoisotopic (exact) mass is 337 g/mol. The summed E-state index contributed by atoms with van der Waals surface area (Å²) in [7, 11) is 0. The Balaban J connectivity index is 2.09. The van der Waals surface area contributed by atoms with Crippen LogP contribution in [0.1, 0.15) is 25.8 Å². The lowest BCUT2D eigenvalue weighted by atomic mass is 10.1. The molecule has 0 radical (unpaired) electrons. The Hall–Kier alpha value is -2.57. The summed E-state index contributed by atoms with van der Waals surface area (Å²) >= 11 is 0. The van der Waals surface area contributed by atoms with Crippen LogP contribution in [-0.2, 0) is 11.0 Å². The topological polar surface area (TPSA) is 54.0 Å². The summed E-state index contributed by atoms with van der Waals surface area (Å²) in [6, 6.07) is 8.31. The third-order valence-corrected chi connectivity index (χ3v) is 3.14. The maximum Gasteiger partial charge on any atom is 0.418 e. The fourth-order valence-electron chi connectivity index (χ4n) is 2.10. The zero-order valence-corrected chi connectivity index (χ0v) is 13.3. The predicted molar refractivity (Wildman–Crippen MR) is 87.0 cm³/mol. The Bertz CT molecular complexity index is 697. The SMILES string of the molecule is CC(C)CC(=O)Nc1ccc(Nc2ccccc2C(F)(F)F)cn1. The van der Waals surface area contributed by atoms with Crippen molar-refractivity contribution < 1.29 is 18.0 Å². The number of hydrogen-bond donors (Lipinski definition) is 2. The zero-order valence-electron chi connectivity index (χ0n) is 13.3. The van der Waals surface area contributed by atoms with Gasteiger partial charge in [0.25, 0.3) is 0 Å². The number of alkyl halides is 3. The largest absolute Gasteiger partial charge is 0.418 e. The van der Waals surface area contributed by atoms with E-state index in [1.165, 1.54) is 30.5 Å². The van der Waals surface area contributed by atoms with Crippen LogP contribution >= 0.6 is 0 Å². The van der Waals surface area contributed by atoms with E-state index in [1.54, 1.807) is 6.07 Å². The van der Waals surface area contributed by atoms with E-state index < -0.39 is 11.7 Å². The zero-order chi connectivity index (χ0) is 17.7. The molecule has 0 saturated heterocycles. The van der Waals surface area contributed by atoms with Gasteiger partial charge in [0.2, 0.25) is 5.91 Å². The highest BCUT2D eigenvalue weighted by molar-refractivity contribution is 5.89. The minimum Gasteiger partial charge on any atom is -0.354 e. The molecule has 0 atom stereocenters. The summed E-state index contributed by atoms with van der Waals surface area (Å²) in [4.78, 5) is 15.7. The van der Waals surface area contributed by atoms with Crippen LogP contribution < -0.4 is 10.6 Å². The molecule has 1 heterocycles. The number of anilines is 3. The highest BCUT2D eigenvalue weighted by Crippen LogP contribution is 2.35. The highest BCUT2D eigenvalue weighted by Gasteiger charge is 2.33. The molecule has 0 aliphatic rings. The average Bonchev–Trinajstić information content (AvgIpc) is 2.48. The Morgan fingerprint density at radius 1 is 1.17 bits per heavy atom. The van der Waals surface area contributed by atoms with Crippen molar-refractivity contribution in [3.8, 4) is 0 Å². The number of rotatable bonds is 5. The van der Waals surface area contributed by atoms with Crippen LogP contribution in [0.5, 0.6) is 0 Å². The van der Waals surface area contributed by atoms with Crippen molar-refractivity contribution in [2.75, 3.05) is 10.6 Å². The summed E-state index contributed by atoms with van der Waals surface area (Å²) in [5.74, 6) is 0.431. The molecular weight excluding hydrogens is 319 g/mol. The van der Waals surface area contributed by atoms with E-state index in [2.05, 4.69) is 15.6 Å². The van der Waals surface area contributed by atoms with Gasteiger partial charge in [-0.15, -0.1) is 0 Å². The fourth-order valence-corrected chi connectivity index (χ4v) is 2.10. The third-order valence-electron chi connectivity index (χ3n) is 3.14. The van der Waals surface area contributed by atoms with E-state index in [0.29, 0.717) is 17.9 Å². The molecule has 2 N–H and O–H groups in total. The van der Waals surface area contributed by atoms with Crippen molar-refractivity contribution >= 4 is 23.1 Å². The predicted octanol–water partition coefficient (Wildman–Crippen LogP) is 4.83. The minimum absolute atomic E-state index is 0.0524. The van der Waals surface area contributed by atoms with E-state index in [-0.39, 0.29) is 17.5 Å². The molecule has 1 aromatic heterocycles. The maximum absolute atomic E-state index is 13.0. The van der Waals surface area contributed by atoms with Crippen LogP contribution in [0, 0.1) is 5.92 Å². The molecule has 1 aromatic carbocycles. The molecule has 128 valence electrons. The van der Waals surface area contributed by atoms with E-state index in [9.17, 15) is 18.0 Å². The molecule has 7 heteroatoms. The summed E-state index contributed by atoms with van der Waals surface area (Å²) in [6.45, 7) is 3.86. The number of benzene rings is 1. The Labute approximate surface area is 138 Å². The van der Waals surface area contributed by atoms with Gasteiger partial charge in [-0.3, -0.25) is 4.79 Å². The van der Waals surface area contributed by atoms with Crippen LogP contribution in [0.3, 0.4) is 0 Å². The summed E-state index contributed by atoms with van der Waals surface area (Å²) < 4.78 is 38.9. The average molecular weight is 337 g/mol. The first-order valence-corrected chi connectivity index (χ1v) is 7.45. The molecule has 0 aliphatic heterocycles. The molecule has 2 rings (SSSR count). The smallest absolute Gasteiger partial charge is 0.354 e. The number of nitrogens with zero attached hydrogens (tertiary/aromatic N) is 1. The number of para-hydroxylation sites is 1. The van der Waals surface area contributed by atoms with Crippen LogP contribution in [-0.4, -0.2) is 10.9 Å². The number of carbonyl (C=O) groups excluding carboxylic acids is 1. The van der Waals surface area contributed by atoms with E-state index >= 15 is 0 Å². The minimum atomic E-state index is -4.44. The van der Waals surface area contributed by atoms with Crippen molar-refractivity contribution in [3.63, 3.8) is 0 Å². The summed E-state index contributed by atoms with van der Waals surface area (Å²) in [5, 5.41) is 5.34. The Morgan fingerprint density at radius 2 is 1.88 bits per heavy atom. The molecule has 0 aliphatic carbocycles. The second-order valence-electron chi connectivity index (χ2n) is 5.75. The fraction of sp³-hybridized carbons (Fsp3) is 0.294. The molecule has 0 fully saturated rings. The molecule has 4 nitrogen and oxygen atoms in total. The van der Waals surface area contributed by atoms with Crippen molar-refractivity contribution in [1.82, 2.24) is 4.98 Å². The van der Waals surface area contributed by atoms with Crippen LogP contribution in [0.25, 0.3) is 0 Å². The van der Waals surface area contributed by atoms with E-state index in [4.69, 9.17) is 0 Å². The first-order valence-electron chi connectivity index (χ1n) is 7.45.